The molecule has 2 unspecified atom stereocenters. The molecule has 1 N–H and O–H groups in total. The summed E-state index contributed by atoms with van der Waals surface area (Å²) in [5.41, 5.74) is 1.06. The molecule has 144 valence electrons. The molecule has 4 nitrogen and oxygen atoms in total. The van der Waals surface area contributed by atoms with Crippen LogP contribution in [-0.4, -0.2) is 29.3 Å². The van der Waals surface area contributed by atoms with Crippen molar-refractivity contribution in [1.29, 1.82) is 0 Å². The molecular formula is C22H27FN2O2. The van der Waals surface area contributed by atoms with Crippen LogP contribution < -0.4 is 5.32 Å². The number of hydrogen-bond donors (Lipinski definition) is 1. The predicted molar refractivity (Wildman–Crippen MR) is 105 cm³/mol. The number of nitrogens with one attached hydrogen (secondary N) is 1. The van der Waals surface area contributed by atoms with Crippen LogP contribution in [0.25, 0.3) is 0 Å². The van der Waals surface area contributed by atoms with E-state index in [1.807, 2.05) is 51.1 Å². The molecule has 0 bridgehead atoms. The molecule has 0 aliphatic rings. The molecule has 0 spiro atoms. The van der Waals surface area contributed by atoms with Crippen molar-refractivity contribution in [3.63, 3.8) is 0 Å². The Kier molecular flexibility index (Phi) is 7.53. The average molecular weight is 370 g/mol. The van der Waals surface area contributed by atoms with Crippen molar-refractivity contribution in [2.24, 2.45) is 0 Å². The second kappa shape index (κ2) is 9.86. The highest BCUT2D eigenvalue weighted by molar-refractivity contribution is 5.95. The van der Waals surface area contributed by atoms with Crippen LogP contribution in [0.15, 0.2) is 54.6 Å². The van der Waals surface area contributed by atoms with Crippen molar-refractivity contribution in [1.82, 2.24) is 10.2 Å². The van der Waals surface area contributed by atoms with Gasteiger partial charge in [-0.3, -0.25) is 9.59 Å². The molecule has 5 heteroatoms. The van der Waals surface area contributed by atoms with E-state index in [0.29, 0.717) is 0 Å². The highest BCUT2D eigenvalue weighted by Gasteiger charge is 2.23. The van der Waals surface area contributed by atoms with Gasteiger partial charge in [-0.25, -0.2) is 4.39 Å². The Balaban J connectivity index is 2.01. The van der Waals surface area contributed by atoms with Gasteiger partial charge in [0.2, 0.25) is 5.91 Å². The summed E-state index contributed by atoms with van der Waals surface area (Å²) in [5, 5.41) is 2.95. The quantitative estimate of drug-likeness (QED) is 0.752. The molecule has 2 rings (SSSR count). The predicted octanol–water partition coefficient (Wildman–Crippen LogP) is 4.33. The van der Waals surface area contributed by atoms with Gasteiger partial charge in [-0.2, -0.15) is 0 Å². The number of carbonyl (C=O) groups is 2. The summed E-state index contributed by atoms with van der Waals surface area (Å²) in [6.45, 7) is 6.03. The van der Waals surface area contributed by atoms with Gasteiger partial charge in [0.05, 0.1) is 11.6 Å². The average Bonchev–Trinajstić information content (AvgIpc) is 2.68. The van der Waals surface area contributed by atoms with Gasteiger partial charge in [-0.05, 0) is 38.0 Å². The lowest BCUT2D eigenvalue weighted by atomic mass is 10.1. The number of nitrogens with zero attached hydrogens (tertiary/aromatic N) is 1. The van der Waals surface area contributed by atoms with E-state index in [-0.39, 0.29) is 42.4 Å². The minimum atomic E-state index is -0.544. The fourth-order valence-electron chi connectivity index (χ4n) is 2.89. The lowest BCUT2D eigenvalue weighted by molar-refractivity contribution is -0.122. The summed E-state index contributed by atoms with van der Waals surface area (Å²) in [4.78, 5) is 26.7. The molecule has 2 aromatic carbocycles. The Morgan fingerprint density at radius 1 is 1.04 bits per heavy atom. The van der Waals surface area contributed by atoms with Crippen LogP contribution in [0.3, 0.4) is 0 Å². The lowest BCUT2D eigenvalue weighted by Crippen LogP contribution is -2.41. The number of carbonyl (C=O) groups excluding carboxylic acids is 2. The first-order valence-corrected chi connectivity index (χ1v) is 9.33. The maximum absolute atomic E-state index is 14.0. The fraction of sp³-hybridized carbons (Fsp3) is 0.364. The molecule has 0 aliphatic carbocycles. The molecule has 0 aromatic heterocycles. The molecule has 27 heavy (non-hydrogen) atoms. The second-order valence-electron chi connectivity index (χ2n) is 6.69. The van der Waals surface area contributed by atoms with Gasteiger partial charge in [-0.15, -0.1) is 0 Å². The zero-order valence-corrected chi connectivity index (χ0v) is 16.1. The monoisotopic (exact) mass is 370 g/mol. The Labute approximate surface area is 160 Å². The van der Waals surface area contributed by atoms with Crippen LogP contribution in [0.1, 0.15) is 55.6 Å². The zero-order chi connectivity index (χ0) is 19.8. The smallest absolute Gasteiger partial charge is 0.257 e. The number of halogens is 1. The van der Waals surface area contributed by atoms with Crippen molar-refractivity contribution in [2.75, 3.05) is 6.54 Å². The molecule has 0 radical (unpaired) electrons. The first-order valence-electron chi connectivity index (χ1n) is 9.33. The molecule has 0 heterocycles. The maximum Gasteiger partial charge on any atom is 0.257 e. The SMILES string of the molecule is CCC(C)N(CCC(=O)NC(C)c1ccccc1)C(=O)c1ccccc1F. The third-order valence-electron chi connectivity index (χ3n) is 4.74. The highest BCUT2D eigenvalue weighted by atomic mass is 19.1. The number of benzene rings is 2. The van der Waals surface area contributed by atoms with Gasteiger partial charge in [0.15, 0.2) is 0 Å². The van der Waals surface area contributed by atoms with Crippen molar-refractivity contribution in [3.05, 3.63) is 71.5 Å². The van der Waals surface area contributed by atoms with Crippen molar-refractivity contribution in [3.8, 4) is 0 Å². The van der Waals surface area contributed by atoms with E-state index < -0.39 is 5.82 Å². The van der Waals surface area contributed by atoms with Crippen molar-refractivity contribution >= 4 is 11.8 Å². The summed E-state index contributed by atoms with van der Waals surface area (Å²) in [7, 11) is 0. The maximum atomic E-state index is 14.0. The summed E-state index contributed by atoms with van der Waals surface area (Å²) in [6, 6.07) is 15.4. The summed E-state index contributed by atoms with van der Waals surface area (Å²) >= 11 is 0. The van der Waals surface area contributed by atoms with Crippen LogP contribution in [-0.2, 0) is 4.79 Å². The van der Waals surface area contributed by atoms with E-state index in [0.717, 1.165) is 12.0 Å². The number of amides is 2. The largest absolute Gasteiger partial charge is 0.350 e. The van der Waals surface area contributed by atoms with Crippen LogP contribution >= 0.6 is 0 Å². The van der Waals surface area contributed by atoms with Gasteiger partial charge < -0.3 is 10.2 Å². The Morgan fingerprint density at radius 2 is 1.67 bits per heavy atom. The van der Waals surface area contributed by atoms with E-state index in [1.165, 1.54) is 12.1 Å². The molecule has 0 aliphatic heterocycles. The zero-order valence-electron chi connectivity index (χ0n) is 16.1. The number of rotatable bonds is 8. The molecule has 2 aromatic rings. The summed E-state index contributed by atoms with van der Waals surface area (Å²) < 4.78 is 14.0. The third kappa shape index (κ3) is 5.64. The lowest BCUT2D eigenvalue weighted by Gasteiger charge is -2.29. The third-order valence-corrected chi connectivity index (χ3v) is 4.74. The first kappa shape index (κ1) is 20.6. The van der Waals surface area contributed by atoms with Crippen molar-refractivity contribution in [2.45, 2.75) is 45.7 Å². The second-order valence-corrected chi connectivity index (χ2v) is 6.69. The first-order chi connectivity index (χ1) is 12.9. The van der Waals surface area contributed by atoms with E-state index in [4.69, 9.17) is 0 Å². The van der Waals surface area contributed by atoms with Gasteiger partial charge in [0.1, 0.15) is 5.82 Å². The topological polar surface area (TPSA) is 49.4 Å². The summed E-state index contributed by atoms with van der Waals surface area (Å²) in [5.74, 6) is -1.06. The van der Waals surface area contributed by atoms with Crippen LogP contribution in [0, 0.1) is 5.82 Å². The standard InChI is InChI=1S/C22H27FN2O2/c1-4-16(2)25(22(27)19-12-8-9-13-20(19)23)15-14-21(26)24-17(3)18-10-6-5-7-11-18/h5-13,16-17H,4,14-15H2,1-3H3,(H,24,26). The Morgan fingerprint density at radius 3 is 2.30 bits per heavy atom. The minimum Gasteiger partial charge on any atom is -0.350 e. The fourth-order valence-corrected chi connectivity index (χ4v) is 2.89. The molecular weight excluding hydrogens is 343 g/mol. The Bertz CT molecular complexity index is 764. The van der Waals surface area contributed by atoms with Crippen molar-refractivity contribution < 1.29 is 14.0 Å². The van der Waals surface area contributed by atoms with Gasteiger partial charge >= 0.3 is 0 Å². The molecule has 0 saturated heterocycles. The highest BCUT2D eigenvalue weighted by Crippen LogP contribution is 2.15. The van der Waals surface area contributed by atoms with E-state index in [2.05, 4.69) is 5.32 Å². The van der Waals surface area contributed by atoms with Gasteiger partial charge in [-0.1, -0.05) is 49.4 Å². The van der Waals surface area contributed by atoms with Gasteiger partial charge in [0.25, 0.3) is 5.91 Å². The van der Waals surface area contributed by atoms with E-state index in [9.17, 15) is 14.0 Å². The normalized spacial score (nSPS) is 12.9. The Hall–Kier alpha value is -2.69. The minimum absolute atomic E-state index is 0.0378. The molecule has 0 fully saturated rings. The molecule has 2 amide bonds. The summed E-state index contributed by atoms with van der Waals surface area (Å²) in [6.07, 6.45) is 0.893. The van der Waals surface area contributed by atoms with E-state index >= 15 is 0 Å². The van der Waals surface area contributed by atoms with E-state index in [1.54, 1.807) is 17.0 Å². The van der Waals surface area contributed by atoms with Crippen LogP contribution in [0.4, 0.5) is 4.39 Å². The number of hydrogen-bond acceptors (Lipinski definition) is 2. The molecule has 2 atom stereocenters. The molecule has 0 saturated carbocycles. The van der Waals surface area contributed by atoms with Crippen LogP contribution in [0.5, 0.6) is 0 Å². The van der Waals surface area contributed by atoms with Crippen LogP contribution in [0.2, 0.25) is 0 Å². The van der Waals surface area contributed by atoms with Gasteiger partial charge in [0, 0.05) is 19.0 Å².